The Bertz CT molecular complexity index is 1740. The number of nitrogens with one attached hydrogen (secondary N) is 2. The molecule has 51 heavy (non-hydrogen) atoms. The van der Waals surface area contributed by atoms with Gasteiger partial charge >= 0.3 is 0 Å². The van der Waals surface area contributed by atoms with Gasteiger partial charge in [-0.15, -0.1) is 5.10 Å². The van der Waals surface area contributed by atoms with Gasteiger partial charge in [-0.1, -0.05) is 37.3 Å². The third kappa shape index (κ3) is 8.62. The monoisotopic (exact) mass is 730 g/mol. The average Bonchev–Trinajstić information content (AvgIpc) is 3.76. The van der Waals surface area contributed by atoms with Crippen LogP contribution in [0.15, 0.2) is 35.4 Å². The van der Waals surface area contributed by atoms with Crippen molar-refractivity contribution in [2.24, 2.45) is 16.8 Å². The zero-order chi connectivity index (χ0) is 37.1. The van der Waals surface area contributed by atoms with Crippen molar-refractivity contribution in [2.45, 2.75) is 106 Å². The zero-order valence-electron chi connectivity index (χ0n) is 28.7. The van der Waals surface area contributed by atoms with E-state index in [0.717, 1.165) is 32.1 Å². The lowest BCUT2D eigenvalue weighted by molar-refractivity contribution is -0.147. The SMILES string of the molecule is CC(C)(O)c1cnnn1[C@H]1C[C@@H](C(=O)NC2(C(=O)C(N)=O)CCOCC2)N(C(=O)[C@@H](CC2CCCCC2)NC(=O)c2ccc(S(N)(=O)=O)cc2)C1. The number of benzene rings is 1. The van der Waals surface area contributed by atoms with E-state index in [1.165, 1.54) is 40.0 Å². The second kappa shape index (κ2) is 15.1. The highest BCUT2D eigenvalue weighted by atomic mass is 32.2. The van der Waals surface area contributed by atoms with Gasteiger partial charge in [-0.2, -0.15) is 0 Å². The van der Waals surface area contributed by atoms with Gasteiger partial charge in [0.2, 0.25) is 27.6 Å². The summed E-state index contributed by atoms with van der Waals surface area (Å²) in [5.41, 5.74) is 2.84. The van der Waals surface area contributed by atoms with Crippen LogP contribution in [-0.2, 0) is 39.5 Å². The summed E-state index contributed by atoms with van der Waals surface area (Å²) >= 11 is 0. The average molecular weight is 731 g/mol. The molecule has 2 saturated heterocycles. The summed E-state index contributed by atoms with van der Waals surface area (Å²) in [5.74, 6) is -3.95. The lowest BCUT2D eigenvalue weighted by Crippen LogP contribution is -2.64. The molecule has 1 saturated carbocycles. The Morgan fingerprint density at radius 3 is 2.31 bits per heavy atom. The van der Waals surface area contributed by atoms with Crippen molar-refractivity contribution in [1.82, 2.24) is 30.5 Å². The van der Waals surface area contributed by atoms with E-state index in [9.17, 15) is 37.5 Å². The molecule has 3 aliphatic rings. The number of likely N-dealkylation sites (tertiary alicyclic amines) is 1. The summed E-state index contributed by atoms with van der Waals surface area (Å²) in [4.78, 5) is 68.8. The van der Waals surface area contributed by atoms with Gasteiger partial charge in [-0.05, 0) is 50.5 Å². The first-order chi connectivity index (χ1) is 24.0. The number of amides is 4. The summed E-state index contributed by atoms with van der Waals surface area (Å²) in [5, 5.41) is 29.8. The van der Waals surface area contributed by atoms with Crippen LogP contribution in [0.25, 0.3) is 0 Å². The lowest BCUT2D eigenvalue weighted by atomic mass is 9.84. The van der Waals surface area contributed by atoms with Gasteiger partial charge in [0.05, 0.1) is 22.8 Å². The Hall–Kier alpha value is -4.26. The fourth-order valence-electron chi connectivity index (χ4n) is 7.33. The first kappa shape index (κ1) is 38.0. The summed E-state index contributed by atoms with van der Waals surface area (Å²) < 4.78 is 30.4. The van der Waals surface area contributed by atoms with Gasteiger partial charge in [0.25, 0.3) is 11.8 Å². The van der Waals surface area contributed by atoms with Crippen LogP contribution in [0.1, 0.15) is 93.7 Å². The van der Waals surface area contributed by atoms with Crippen LogP contribution in [-0.4, -0.2) is 100 Å². The number of primary sulfonamides is 1. The van der Waals surface area contributed by atoms with E-state index in [0.29, 0.717) is 5.69 Å². The maximum absolute atomic E-state index is 14.7. The van der Waals surface area contributed by atoms with Gasteiger partial charge in [-0.25, -0.2) is 18.2 Å². The standard InChI is InChI=1S/C33H46N8O9S/c1-32(2,47)26-18-36-39-41(26)22-17-25(30(45)38-33(27(42)28(34)43)12-14-50-15-13-33)40(19-22)31(46)24(16-20-6-4-3-5-7-20)37-29(44)21-8-10-23(11-9-21)51(35,48)49/h8-11,18,20,22,24-25,47H,3-7,12-17,19H2,1-2H3,(H2,34,43)(H,37,44)(H,38,45)(H2,35,48,49)/t22-,24+,25-/m0/s1. The Balaban J connectivity index is 1.48. The van der Waals surface area contributed by atoms with Crippen molar-refractivity contribution in [2.75, 3.05) is 19.8 Å². The number of nitrogens with zero attached hydrogens (tertiary/aromatic N) is 4. The molecule has 17 nitrogen and oxygen atoms in total. The van der Waals surface area contributed by atoms with E-state index in [4.69, 9.17) is 15.6 Å². The van der Waals surface area contributed by atoms with Crippen LogP contribution in [0.5, 0.6) is 0 Å². The van der Waals surface area contributed by atoms with Crippen LogP contribution in [0.3, 0.4) is 0 Å². The quantitative estimate of drug-likeness (QED) is 0.178. The molecule has 4 amide bonds. The first-order valence-electron chi connectivity index (χ1n) is 17.1. The van der Waals surface area contributed by atoms with Crippen molar-refractivity contribution >= 4 is 39.4 Å². The molecular weight excluding hydrogens is 684 g/mol. The van der Waals surface area contributed by atoms with E-state index in [2.05, 4.69) is 20.9 Å². The number of aromatic nitrogens is 3. The maximum atomic E-state index is 14.7. The van der Waals surface area contributed by atoms with Crippen molar-refractivity contribution in [1.29, 1.82) is 0 Å². The Labute approximate surface area is 295 Å². The lowest BCUT2D eigenvalue weighted by Gasteiger charge is -2.37. The number of Topliss-reactive ketones (excluding diaryl/α,β-unsaturated/α-hetero) is 1. The molecule has 7 N–H and O–H groups in total. The van der Waals surface area contributed by atoms with Crippen LogP contribution in [0.2, 0.25) is 0 Å². The minimum absolute atomic E-state index is 0.00113. The third-order valence-corrected chi connectivity index (χ3v) is 11.1. The number of carbonyl (C=O) groups is 5. The molecule has 0 bridgehead atoms. The summed E-state index contributed by atoms with van der Waals surface area (Å²) in [6, 6.07) is 2.10. The molecule has 3 heterocycles. The number of nitrogens with two attached hydrogens (primary N) is 2. The molecular formula is C33H46N8O9S. The van der Waals surface area contributed by atoms with Gasteiger partial charge in [0.1, 0.15) is 23.2 Å². The zero-order valence-corrected chi connectivity index (χ0v) is 29.6. The molecule has 0 spiro atoms. The first-order valence-corrected chi connectivity index (χ1v) is 18.7. The van der Waals surface area contributed by atoms with E-state index in [-0.39, 0.29) is 61.8 Å². The van der Waals surface area contributed by atoms with Crippen LogP contribution >= 0.6 is 0 Å². The highest BCUT2D eigenvalue weighted by molar-refractivity contribution is 7.89. The number of hydrogen-bond donors (Lipinski definition) is 5. The number of sulfonamides is 1. The Morgan fingerprint density at radius 2 is 1.73 bits per heavy atom. The van der Waals surface area contributed by atoms with Gasteiger partial charge in [0, 0.05) is 44.6 Å². The fourth-order valence-corrected chi connectivity index (χ4v) is 7.85. The number of carbonyl (C=O) groups excluding carboxylic acids is 5. The van der Waals surface area contributed by atoms with Crippen LogP contribution < -0.4 is 21.5 Å². The summed E-state index contributed by atoms with van der Waals surface area (Å²) in [7, 11) is -4.00. The molecule has 0 unspecified atom stereocenters. The maximum Gasteiger partial charge on any atom is 0.287 e. The van der Waals surface area contributed by atoms with Crippen molar-refractivity contribution in [3.63, 3.8) is 0 Å². The Morgan fingerprint density at radius 1 is 1.08 bits per heavy atom. The number of primary amides is 1. The highest BCUT2D eigenvalue weighted by Crippen LogP contribution is 2.34. The highest BCUT2D eigenvalue weighted by Gasteiger charge is 2.49. The smallest absolute Gasteiger partial charge is 0.287 e. The number of aliphatic hydroxyl groups is 1. The molecule has 1 aromatic heterocycles. The van der Waals surface area contributed by atoms with Gasteiger partial charge in [-0.3, -0.25) is 24.0 Å². The van der Waals surface area contributed by atoms with Crippen LogP contribution in [0.4, 0.5) is 0 Å². The molecule has 0 radical (unpaired) electrons. The molecule has 1 aliphatic carbocycles. The molecule has 5 rings (SSSR count). The molecule has 278 valence electrons. The number of rotatable bonds is 12. The molecule has 3 fully saturated rings. The number of hydrogen-bond acceptors (Lipinski definition) is 11. The molecule has 18 heteroatoms. The Kier molecular flexibility index (Phi) is 11.3. The largest absolute Gasteiger partial charge is 0.384 e. The van der Waals surface area contributed by atoms with Gasteiger partial charge < -0.3 is 31.1 Å². The van der Waals surface area contributed by atoms with Crippen molar-refractivity contribution in [3.8, 4) is 0 Å². The van der Waals surface area contributed by atoms with Crippen molar-refractivity contribution < 1.29 is 42.2 Å². The van der Waals surface area contributed by atoms with E-state index >= 15 is 0 Å². The topological polar surface area (TPSA) is 259 Å². The van der Waals surface area contributed by atoms with E-state index < -0.39 is 68.7 Å². The minimum Gasteiger partial charge on any atom is -0.384 e. The normalized spacial score (nSPS) is 21.8. The summed E-state index contributed by atoms with van der Waals surface area (Å²) in [6.07, 6.45) is 6.40. The molecule has 3 atom stereocenters. The number of ether oxygens (including phenoxy) is 1. The predicted molar refractivity (Wildman–Crippen MR) is 180 cm³/mol. The van der Waals surface area contributed by atoms with E-state index in [1.54, 1.807) is 13.8 Å². The molecule has 1 aromatic carbocycles. The fraction of sp³-hybridized carbons (Fsp3) is 0.606. The molecule has 2 aromatic rings. The minimum atomic E-state index is -4.00. The van der Waals surface area contributed by atoms with Crippen molar-refractivity contribution in [3.05, 3.63) is 41.7 Å². The second-order valence-corrected chi connectivity index (χ2v) is 15.8. The van der Waals surface area contributed by atoms with E-state index in [1.807, 2.05) is 0 Å². The second-order valence-electron chi connectivity index (χ2n) is 14.2. The third-order valence-electron chi connectivity index (χ3n) is 10.1. The van der Waals surface area contributed by atoms with Crippen LogP contribution in [0, 0.1) is 5.92 Å². The predicted octanol–water partition coefficient (Wildman–Crippen LogP) is -0.216. The molecule has 2 aliphatic heterocycles. The van der Waals surface area contributed by atoms with Gasteiger partial charge in [0.15, 0.2) is 0 Å². The summed E-state index contributed by atoms with van der Waals surface area (Å²) in [6.45, 7) is 3.25. The number of ketones is 1.